The van der Waals surface area contributed by atoms with Gasteiger partial charge in [-0.15, -0.1) is 0 Å². The van der Waals surface area contributed by atoms with E-state index in [0.29, 0.717) is 5.02 Å². The summed E-state index contributed by atoms with van der Waals surface area (Å²) >= 11 is 6.31. The average molecular weight is 417 g/mol. The average Bonchev–Trinajstić information content (AvgIpc) is 2.72. The predicted octanol–water partition coefficient (Wildman–Crippen LogP) is 4.22. The van der Waals surface area contributed by atoms with Gasteiger partial charge in [0.1, 0.15) is 11.8 Å². The van der Waals surface area contributed by atoms with E-state index in [-0.39, 0.29) is 30.8 Å². The molecule has 0 saturated heterocycles. The molecule has 0 aliphatic rings. The number of benzene rings is 2. The molecule has 0 bridgehead atoms. The van der Waals surface area contributed by atoms with Crippen molar-refractivity contribution in [3.05, 3.63) is 64.7 Å². The molecule has 5 nitrogen and oxygen atoms in total. The Labute approximate surface area is 178 Å². The van der Waals surface area contributed by atoms with Crippen LogP contribution in [0.1, 0.15) is 38.3 Å². The fourth-order valence-corrected chi connectivity index (χ4v) is 3.07. The molecule has 156 valence electrons. The van der Waals surface area contributed by atoms with Crippen LogP contribution >= 0.6 is 11.6 Å². The number of halogens is 1. The van der Waals surface area contributed by atoms with Crippen molar-refractivity contribution >= 4 is 23.4 Å². The first-order chi connectivity index (χ1) is 13.8. The van der Waals surface area contributed by atoms with Crippen molar-refractivity contribution in [1.29, 1.82) is 0 Å². The van der Waals surface area contributed by atoms with E-state index >= 15 is 0 Å². The lowest BCUT2D eigenvalue weighted by molar-refractivity contribution is -0.140. The summed E-state index contributed by atoms with van der Waals surface area (Å²) in [5, 5.41) is 3.54. The molecule has 2 rings (SSSR count). The number of ether oxygens (including phenoxy) is 1. The van der Waals surface area contributed by atoms with E-state index in [1.165, 1.54) is 0 Å². The summed E-state index contributed by atoms with van der Waals surface area (Å²) in [6.07, 6.45) is 1.01. The minimum Gasteiger partial charge on any atom is -0.497 e. The van der Waals surface area contributed by atoms with Gasteiger partial charge in [-0.2, -0.15) is 0 Å². The topological polar surface area (TPSA) is 58.6 Å². The van der Waals surface area contributed by atoms with E-state index in [0.717, 1.165) is 23.3 Å². The summed E-state index contributed by atoms with van der Waals surface area (Å²) < 4.78 is 5.17. The van der Waals surface area contributed by atoms with Gasteiger partial charge in [-0.05, 0) is 49.6 Å². The summed E-state index contributed by atoms with van der Waals surface area (Å²) in [5.41, 5.74) is 1.66. The molecule has 2 amide bonds. The number of amides is 2. The molecule has 1 N–H and O–H groups in total. The molecule has 0 spiro atoms. The fraction of sp³-hybridized carbons (Fsp3) is 0.391. The van der Waals surface area contributed by atoms with Crippen molar-refractivity contribution in [3.8, 4) is 5.75 Å². The number of hydrogen-bond donors (Lipinski definition) is 1. The highest BCUT2D eigenvalue weighted by Crippen LogP contribution is 2.20. The lowest BCUT2D eigenvalue weighted by Crippen LogP contribution is -2.49. The summed E-state index contributed by atoms with van der Waals surface area (Å²) in [7, 11) is 1.60. The minimum atomic E-state index is -0.619. The van der Waals surface area contributed by atoms with Gasteiger partial charge < -0.3 is 15.0 Å². The zero-order valence-electron chi connectivity index (χ0n) is 17.4. The van der Waals surface area contributed by atoms with Crippen molar-refractivity contribution in [1.82, 2.24) is 10.2 Å². The van der Waals surface area contributed by atoms with Crippen LogP contribution in [0.5, 0.6) is 5.75 Å². The van der Waals surface area contributed by atoms with E-state index in [2.05, 4.69) is 5.32 Å². The molecule has 6 heteroatoms. The van der Waals surface area contributed by atoms with Crippen LogP contribution in [0.3, 0.4) is 0 Å². The van der Waals surface area contributed by atoms with E-state index in [1.807, 2.05) is 56.3 Å². The van der Waals surface area contributed by atoms with Crippen LogP contribution in [-0.4, -0.2) is 35.9 Å². The summed E-state index contributed by atoms with van der Waals surface area (Å²) in [4.78, 5) is 27.5. The molecule has 2 aromatic rings. The van der Waals surface area contributed by atoms with E-state index in [4.69, 9.17) is 16.3 Å². The molecule has 29 heavy (non-hydrogen) atoms. The zero-order chi connectivity index (χ0) is 21.4. The second-order valence-electron chi connectivity index (χ2n) is 7.13. The molecule has 0 radical (unpaired) electrons. The molecule has 0 aliphatic carbocycles. The van der Waals surface area contributed by atoms with Gasteiger partial charge in [0.25, 0.3) is 0 Å². The van der Waals surface area contributed by atoms with E-state index in [1.54, 1.807) is 25.0 Å². The first kappa shape index (κ1) is 22.8. The van der Waals surface area contributed by atoms with Gasteiger partial charge in [-0.3, -0.25) is 9.59 Å². The third kappa shape index (κ3) is 6.50. The Morgan fingerprint density at radius 2 is 1.76 bits per heavy atom. The predicted molar refractivity (Wildman–Crippen MR) is 116 cm³/mol. The third-order valence-corrected chi connectivity index (χ3v) is 5.35. The second kappa shape index (κ2) is 10.9. The Hall–Kier alpha value is -2.53. The number of nitrogens with zero attached hydrogens (tertiary/aromatic N) is 1. The van der Waals surface area contributed by atoms with Gasteiger partial charge in [-0.1, -0.05) is 48.9 Å². The fourth-order valence-electron chi connectivity index (χ4n) is 2.88. The van der Waals surface area contributed by atoms with E-state index < -0.39 is 6.04 Å². The molecule has 0 aromatic heterocycles. The van der Waals surface area contributed by atoms with Crippen molar-refractivity contribution in [2.24, 2.45) is 0 Å². The van der Waals surface area contributed by atoms with Gasteiger partial charge in [0.15, 0.2) is 0 Å². The molecular weight excluding hydrogens is 388 g/mol. The molecule has 0 unspecified atom stereocenters. The maximum absolute atomic E-state index is 13.2. The molecule has 2 aromatic carbocycles. The summed E-state index contributed by atoms with van der Waals surface area (Å²) in [5.74, 6) is 0.423. The van der Waals surface area contributed by atoms with Crippen LogP contribution in [0.15, 0.2) is 48.5 Å². The maximum atomic E-state index is 13.2. The second-order valence-corrected chi connectivity index (χ2v) is 7.54. The van der Waals surface area contributed by atoms with Crippen molar-refractivity contribution in [2.45, 2.75) is 52.2 Å². The summed E-state index contributed by atoms with van der Waals surface area (Å²) in [6, 6.07) is 14.1. The zero-order valence-corrected chi connectivity index (χ0v) is 18.2. The normalized spacial score (nSPS) is 12.7. The highest BCUT2D eigenvalue weighted by Gasteiger charge is 2.27. The maximum Gasteiger partial charge on any atom is 0.242 e. The van der Waals surface area contributed by atoms with Gasteiger partial charge in [-0.25, -0.2) is 0 Å². The molecule has 0 saturated carbocycles. The first-order valence-corrected chi connectivity index (χ1v) is 10.2. The monoisotopic (exact) mass is 416 g/mol. The number of carbonyl (C=O) groups is 2. The van der Waals surface area contributed by atoms with Crippen LogP contribution < -0.4 is 10.1 Å². The Balaban J connectivity index is 2.23. The number of hydrogen-bond acceptors (Lipinski definition) is 3. The third-order valence-electron chi connectivity index (χ3n) is 4.98. The number of nitrogens with one attached hydrogen (secondary N) is 1. The van der Waals surface area contributed by atoms with Gasteiger partial charge in [0.05, 0.1) is 13.5 Å². The molecular formula is C23H29ClN2O3. The SMILES string of the molecule is CC[C@H](C)NC(=O)[C@@H](C)N(Cc1ccccc1Cl)C(=O)Cc1ccc(OC)cc1. The van der Waals surface area contributed by atoms with Crippen LogP contribution in [0.25, 0.3) is 0 Å². The Kier molecular flexibility index (Phi) is 8.52. The number of methoxy groups -OCH3 is 1. The number of carbonyl (C=O) groups excluding carboxylic acids is 2. The lowest BCUT2D eigenvalue weighted by Gasteiger charge is -2.30. The van der Waals surface area contributed by atoms with Crippen LogP contribution in [0, 0.1) is 0 Å². The van der Waals surface area contributed by atoms with Crippen molar-refractivity contribution < 1.29 is 14.3 Å². The van der Waals surface area contributed by atoms with Gasteiger partial charge in [0.2, 0.25) is 11.8 Å². The largest absolute Gasteiger partial charge is 0.497 e. The molecule has 0 aliphatic heterocycles. The van der Waals surface area contributed by atoms with Crippen LogP contribution in [0.4, 0.5) is 0 Å². The molecule has 0 heterocycles. The standard InChI is InChI=1S/C23H29ClN2O3/c1-5-16(2)25-23(28)17(3)26(15-19-8-6-7-9-21(19)24)22(27)14-18-10-12-20(29-4)13-11-18/h6-13,16-17H,5,14-15H2,1-4H3,(H,25,28)/t16-,17+/m0/s1. The van der Waals surface area contributed by atoms with Crippen LogP contribution in [-0.2, 0) is 22.6 Å². The first-order valence-electron chi connectivity index (χ1n) is 9.81. The van der Waals surface area contributed by atoms with E-state index in [9.17, 15) is 9.59 Å². The highest BCUT2D eigenvalue weighted by molar-refractivity contribution is 6.31. The Bertz CT molecular complexity index is 823. The summed E-state index contributed by atoms with van der Waals surface area (Å²) in [6.45, 7) is 5.97. The number of rotatable bonds is 9. The molecule has 0 fully saturated rings. The van der Waals surface area contributed by atoms with Gasteiger partial charge >= 0.3 is 0 Å². The van der Waals surface area contributed by atoms with Crippen molar-refractivity contribution in [2.75, 3.05) is 7.11 Å². The van der Waals surface area contributed by atoms with Crippen molar-refractivity contribution in [3.63, 3.8) is 0 Å². The van der Waals surface area contributed by atoms with Crippen LogP contribution in [0.2, 0.25) is 5.02 Å². The highest BCUT2D eigenvalue weighted by atomic mass is 35.5. The quantitative estimate of drug-likeness (QED) is 0.665. The minimum absolute atomic E-state index is 0.0452. The lowest BCUT2D eigenvalue weighted by atomic mass is 10.1. The Morgan fingerprint density at radius 1 is 1.10 bits per heavy atom. The smallest absolute Gasteiger partial charge is 0.242 e. The van der Waals surface area contributed by atoms with Gasteiger partial charge in [0, 0.05) is 17.6 Å². The Morgan fingerprint density at radius 3 is 2.34 bits per heavy atom. The molecule has 2 atom stereocenters.